The monoisotopic (exact) mass is 608 g/mol. The van der Waals surface area contributed by atoms with Gasteiger partial charge in [0, 0.05) is 36.7 Å². The van der Waals surface area contributed by atoms with Gasteiger partial charge in [0.15, 0.2) is 21.3 Å². The maximum atomic E-state index is 14.5. The second-order valence-corrected chi connectivity index (χ2v) is 12.5. The average molecular weight is 609 g/mol. The standard InChI is InChI=1S/C31H36N4O7S/c1-18-13-21(30(32)37)15-23(14-18)34-29(20-8-10-26(41-3)27(16-20)42-4)31(38)35-12-6-7-25(35)24-17-22(33-19(2)36)9-11-28(24)43(5,39)40/h8-11,13-17,25,29,34H,6-7,12H2,1-5H3,(H2,32,37)(H,33,36)/t25-,29+/m1/s1. The number of carbonyl (C=O) groups is 3. The molecule has 1 aliphatic heterocycles. The lowest BCUT2D eigenvalue weighted by Gasteiger charge is -2.31. The zero-order chi connectivity index (χ0) is 31.5. The number of primary amides is 1. The van der Waals surface area contributed by atoms with E-state index >= 15 is 0 Å². The summed E-state index contributed by atoms with van der Waals surface area (Å²) >= 11 is 0. The molecule has 1 aliphatic rings. The van der Waals surface area contributed by atoms with Gasteiger partial charge in [-0.15, -0.1) is 0 Å². The Hall–Kier alpha value is -4.58. The predicted molar refractivity (Wildman–Crippen MR) is 163 cm³/mol. The Morgan fingerprint density at radius 2 is 1.70 bits per heavy atom. The zero-order valence-corrected chi connectivity index (χ0v) is 25.6. The van der Waals surface area contributed by atoms with Crippen molar-refractivity contribution in [2.24, 2.45) is 5.73 Å². The van der Waals surface area contributed by atoms with Gasteiger partial charge in [-0.1, -0.05) is 6.07 Å². The van der Waals surface area contributed by atoms with Crippen LogP contribution in [0.25, 0.3) is 0 Å². The Labute approximate surface area is 251 Å². The Morgan fingerprint density at radius 1 is 0.977 bits per heavy atom. The molecule has 2 atom stereocenters. The van der Waals surface area contributed by atoms with E-state index in [-0.39, 0.29) is 22.3 Å². The van der Waals surface area contributed by atoms with Gasteiger partial charge in [0.25, 0.3) is 0 Å². The van der Waals surface area contributed by atoms with Crippen molar-refractivity contribution in [1.82, 2.24) is 4.90 Å². The van der Waals surface area contributed by atoms with Crippen LogP contribution < -0.4 is 25.8 Å². The second kappa shape index (κ2) is 12.7. The molecule has 3 amide bonds. The summed E-state index contributed by atoms with van der Waals surface area (Å²) in [5.74, 6) is -0.324. The van der Waals surface area contributed by atoms with E-state index in [9.17, 15) is 22.8 Å². The molecule has 1 heterocycles. The summed E-state index contributed by atoms with van der Waals surface area (Å²) in [5.41, 5.74) is 8.53. The van der Waals surface area contributed by atoms with Crippen LogP contribution in [0.5, 0.6) is 11.5 Å². The number of methoxy groups -OCH3 is 2. The number of hydrogen-bond donors (Lipinski definition) is 3. The zero-order valence-electron chi connectivity index (χ0n) is 24.8. The summed E-state index contributed by atoms with van der Waals surface area (Å²) < 4.78 is 36.5. The highest BCUT2D eigenvalue weighted by Crippen LogP contribution is 2.40. The van der Waals surface area contributed by atoms with Gasteiger partial charge in [-0.3, -0.25) is 14.4 Å². The first kappa shape index (κ1) is 31.4. The number of hydrogen-bond acceptors (Lipinski definition) is 8. The number of anilines is 2. The fourth-order valence-electron chi connectivity index (χ4n) is 5.44. The summed E-state index contributed by atoms with van der Waals surface area (Å²) in [6, 6.07) is 13.3. The van der Waals surface area contributed by atoms with Crippen molar-refractivity contribution in [2.45, 2.75) is 43.7 Å². The molecular weight excluding hydrogens is 572 g/mol. The molecule has 4 N–H and O–H groups in total. The first-order valence-electron chi connectivity index (χ1n) is 13.6. The van der Waals surface area contributed by atoms with Crippen LogP contribution in [0.2, 0.25) is 0 Å². The molecule has 0 aromatic heterocycles. The molecule has 0 spiro atoms. The van der Waals surface area contributed by atoms with Crippen LogP contribution in [-0.4, -0.2) is 58.1 Å². The summed E-state index contributed by atoms with van der Waals surface area (Å²) in [4.78, 5) is 40.0. The number of carbonyl (C=O) groups excluding carboxylic acids is 3. The highest BCUT2D eigenvalue weighted by molar-refractivity contribution is 7.90. The molecular formula is C31H36N4O7S. The van der Waals surface area contributed by atoms with Crippen LogP contribution in [0.15, 0.2) is 59.5 Å². The van der Waals surface area contributed by atoms with E-state index < -0.39 is 27.8 Å². The maximum absolute atomic E-state index is 14.5. The minimum atomic E-state index is -3.66. The van der Waals surface area contributed by atoms with Gasteiger partial charge in [0.05, 0.1) is 25.2 Å². The van der Waals surface area contributed by atoms with Gasteiger partial charge >= 0.3 is 0 Å². The van der Waals surface area contributed by atoms with Crippen molar-refractivity contribution in [3.63, 3.8) is 0 Å². The molecule has 12 heteroatoms. The van der Waals surface area contributed by atoms with Crippen molar-refractivity contribution in [3.8, 4) is 11.5 Å². The number of sulfone groups is 1. The third-order valence-corrected chi connectivity index (χ3v) is 8.46. The molecule has 4 rings (SSSR count). The summed E-state index contributed by atoms with van der Waals surface area (Å²) in [6.45, 7) is 3.56. The molecule has 3 aromatic carbocycles. The van der Waals surface area contributed by atoms with Gasteiger partial charge in [0.1, 0.15) is 6.04 Å². The summed E-state index contributed by atoms with van der Waals surface area (Å²) in [6.07, 6.45) is 2.28. The van der Waals surface area contributed by atoms with E-state index in [1.807, 2.05) is 6.92 Å². The number of likely N-dealkylation sites (tertiary alicyclic amines) is 1. The van der Waals surface area contributed by atoms with Gasteiger partial charge in [-0.2, -0.15) is 0 Å². The number of benzene rings is 3. The molecule has 43 heavy (non-hydrogen) atoms. The largest absolute Gasteiger partial charge is 0.493 e. The fourth-order valence-corrected chi connectivity index (χ4v) is 6.38. The summed E-state index contributed by atoms with van der Waals surface area (Å²) in [5, 5.41) is 5.98. The van der Waals surface area contributed by atoms with Crippen molar-refractivity contribution < 1.29 is 32.3 Å². The molecule has 11 nitrogen and oxygen atoms in total. The molecule has 1 fully saturated rings. The second-order valence-electron chi connectivity index (χ2n) is 10.5. The van der Waals surface area contributed by atoms with Crippen molar-refractivity contribution in [3.05, 3.63) is 76.9 Å². The quantitative estimate of drug-likeness (QED) is 0.312. The molecule has 0 radical (unpaired) electrons. The van der Waals surface area contributed by atoms with Gasteiger partial charge in [0.2, 0.25) is 17.7 Å². The Kier molecular flexibility index (Phi) is 9.29. The van der Waals surface area contributed by atoms with Gasteiger partial charge in [-0.05, 0) is 85.0 Å². The van der Waals surface area contributed by atoms with Crippen molar-refractivity contribution in [1.29, 1.82) is 0 Å². The van der Waals surface area contributed by atoms with E-state index in [0.29, 0.717) is 53.4 Å². The minimum Gasteiger partial charge on any atom is -0.493 e. The molecule has 1 saturated heterocycles. The van der Waals surface area contributed by atoms with E-state index in [0.717, 1.165) is 11.8 Å². The number of rotatable bonds is 10. The highest BCUT2D eigenvalue weighted by Gasteiger charge is 2.37. The first-order chi connectivity index (χ1) is 20.3. The minimum absolute atomic E-state index is 0.0895. The third-order valence-electron chi connectivity index (χ3n) is 7.29. The van der Waals surface area contributed by atoms with Gasteiger partial charge in [-0.25, -0.2) is 8.42 Å². The number of nitrogens with one attached hydrogen (secondary N) is 2. The highest BCUT2D eigenvalue weighted by atomic mass is 32.2. The van der Waals surface area contributed by atoms with Crippen molar-refractivity contribution >= 4 is 38.9 Å². The Morgan fingerprint density at radius 3 is 2.33 bits per heavy atom. The van der Waals surface area contributed by atoms with Crippen LogP contribution >= 0.6 is 0 Å². The van der Waals surface area contributed by atoms with E-state index in [1.165, 1.54) is 33.3 Å². The fraction of sp³-hybridized carbons (Fsp3) is 0.323. The number of ether oxygens (including phenoxy) is 2. The third kappa shape index (κ3) is 7.08. The van der Waals surface area contributed by atoms with E-state index in [2.05, 4.69) is 10.6 Å². The number of nitrogens with zero attached hydrogens (tertiary/aromatic N) is 1. The number of amides is 3. The van der Waals surface area contributed by atoms with Crippen LogP contribution in [0.4, 0.5) is 11.4 Å². The van der Waals surface area contributed by atoms with E-state index in [1.54, 1.807) is 47.4 Å². The van der Waals surface area contributed by atoms with E-state index in [4.69, 9.17) is 15.2 Å². The lowest BCUT2D eigenvalue weighted by atomic mass is 10.00. The lowest BCUT2D eigenvalue weighted by molar-refractivity contribution is -0.133. The average Bonchev–Trinajstić information content (AvgIpc) is 3.44. The molecule has 0 bridgehead atoms. The van der Waals surface area contributed by atoms with Crippen LogP contribution in [0.3, 0.4) is 0 Å². The molecule has 0 unspecified atom stereocenters. The van der Waals surface area contributed by atoms with Crippen molar-refractivity contribution in [2.75, 3.05) is 37.7 Å². The topological polar surface area (TPSA) is 157 Å². The maximum Gasteiger partial charge on any atom is 0.250 e. The Bertz CT molecular complexity index is 1670. The van der Waals surface area contributed by atoms with Gasteiger partial charge < -0.3 is 30.7 Å². The Balaban J connectivity index is 1.82. The molecule has 0 saturated carbocycles. The summed E-state index contributed by atoms with van der Waals surface area (Å²) in [7, 11) is -0.651. The van der Waals surface area contributed by atoms with Crippen LogP contribution in [0.1, 0.15) is 58.9 Å². The van der Waals surface area contributed by atoms with Crippen LogP contribution in [0, 0.1) is 6.92 Å². The smallest absolute Gasteiger partial charge is 0.250 e. The molecule has 3 aromatic rings. The predicted octanol–water partition coefficient (Wildman–Crippen LogP) is 3.99. The lowest BCUT2D eigenvalue weighted by Crippen LogP contribution is -2.38. The number of aryl methyl sites for hydroxylation is 1. The molecule has 228 valence electrons. The molecule has 0 aliphatic carbocycles. The number of nitrogens with two attached hydrogens (primary N) is 1. The van der Waals surface area contributed by atoms with Crippen LogP contribution in [-0.2, 0) is 19.4 Å². The normalized spacial score (nSPS) is 15.5. The SMILES string of the molecule is COc1ccc([C@H](Nc2cc(C)cc(C(N)=O)c2)C(=O)N2CCC[C@@H]2c2cc(NC(C)=O)ccc2S(C)(=O)=O)cc1OC. The first-order valence-corrected chi connectivity index (χ1v) is 15.5.